The van der Waals surface area contributed by atoms with Gasteiger partial charge in [0, 0.05) is 13.1 Å². The van der Waals surface area contributed by atoms with E-state index in [4.69, 9.17) is 0 Å². The number of benzene rings is 1. The number of sulfonamides is 2. The first-order valence-electron chi connectivity index (χ1n) is 7.03. The lowest BCUT2D eigenvalue weighted by Gasteiger charge is -2.25. The zero-order valence-electron chi connectivity index (χ0n) is 12.3. The molecular formula is C13H17N2O6S2-. The van der Waals surface area contributed by atoms with Crippen LogP contribution in [-0.4, -0.2) is 46.7 Å². The van der Waals surface area contributed by atoms with Gasteiger partial charge in [-0.1, -0.05) is 6.42 Å². The Bertz CT molecular complexity index is 765. The second-order valence-electron chi connectivity index (χ2n) is 5.13. The van der Waals surface area contributed by atoms with Crippen LogP contribution in [0.25, 0.3) is 0 Å². The number of rotatable bonds is 6. The van der Waals surface area contributed by atoms with Crippen molar-refractivity contribution >= 4 is 26.0 Å². The Balaban J connectivity index is 2.20. The summed E-state index contributed by atoms with van der Waals surface area (Å²) in [4.78, 5) is 10.1. The quantitative estimate of drug-likeness (QED) is 0.685. The summed E-state index contributed by atoms with van der Waals surface area (Å²) in [6.45, 7) is 0.0568. The molecule has 0 radical (unpaired) electrons. The fourth-order valence-electron chi connectivity index (χ4n) is 2.28. The van der Waals surface area contributed by atoms with E-state index in [0.717, 1.165) is 31.4 Å². The Morgan fingerprint density at radius 2 is 1.52 bits per heavy atom. The lowest BCUT2D eigenvalue weighted by atomic mass is 10.2. The maximum absolute atomic E-state index is 12.4. The van der Waals surface area contributed by atoms with Gasteiger partial charge in [0.05, 0.1) is 22.3 Å². The number of hydrogen-bond donors (Lipinski definition) is 1. The average molecular weight is 361 g/mol. The smallest absolute Gasteiger partial charge is 0.243 e. The molecule has 1 saturated heterocycles. The number of nitrogens with zero attached hydrogens (tertiary/aromatic N) is 1. The average Bonchev–Trinajstić information content (AvgIpc) is 2.54. The van der Waals surface area contributed by atoms with Gasteiger partial charge in [0.15, 0.2) is 0 Å². The van der Waals surface area contributed by atoms with E-state index in [1.807, 2.05) is 4.72 Å². The normalized spacial score (nSPS) is 17.0. The van der Waals surface area contributed by atoms with Crippen molar-refractivity contribution in [2.45, 2.75) is 29.1 Å². The molecule has 1 fully saturated rings. The van der Waals surface area contributed by atoms with Crippen molar-refractivity contribution in [1.82, 2.24) is 9.03 Å². The molecule has 2 rings (SSSR count). The molecule has 128 valence electrons. The van der Waals surface area contributed by atoms with Crippen LogP contribution in [0, 0.1) is 0 Å². The van der Waals surface area contributed by atoms with E-state index in [2.05, 4.69) is 0 Å². The molecular weight excluding hydrogens is 344 g/mol. The van der Waals surface area contributed by atoms with E-state index in [9.17, 15) is 26.7 Å². The van der Waals surface area contributed by atoms with Crippen LogP contribution in [0.1, 0.15) is 19.3 Å². The van der Waals surface area contributed by atoms with Crippen LogP contribution in [0.3, 0.4) is 0 Å². The van der Waals surface area contributed by atoms with Crippen LogP contribution < -0.4 is 9.83 Å². The van der Waals surface area contributed by atoms with Gasteiger partial charge in [0.25, 0.3) is 0 Å². The summed E-state index contributed by atoms with van der Waals surface area (Å²) in [6, 6.07) is 4.68. The number of carboxylic acids is 1. The Morgan fingerprint density at radius 3 is 2.04 bits per heavy atom. The van der Waals surface area contributed by atoms with Crippen molar-refractivity contribution in [3.05, 3.63) is 24.3 Å². The van der Waals surface area contributed by atoms with E-state index in [0.29, 0.717) is 13.1 Å². The number of carboxylic acid groups (broad SMARTS) is 1. The Kier molecular flexibility index (Phi) is 5.40. The van der Waals surface area contributed by atoms with Crippen molar-refractivity contribution in [3.63, 3.8) is 0 Å². The summed E-state index contributed by atoms with van der Waals surface area (Å²) in [5.74, 6) is -1.56. The largest absolute Gasteiger partial charge is 0.549 e. The SMILES string of the molecule is O=C([O-])CNS(=O)(=O)c1ccc(S(=O)(=O)N2CCCCC2)cc1. The minimum atomic E-state index is -4.02. The molecule has 1 N–H and O–H groups in total. The van der Waals surface area contributed by atoms with Crippen molar-refractivity contribution in [2.75, 3.05) is 19.6 Å². The van der Waals surface area contributed by atoms with Crippen LogP contribution in [0.5, 0.6) is 0 Å². The molecule has 1 aromatic carbocycles. The van der Waals surface area contributed by atoms with E-state index < -0.39 is 32.6 Å². The van der Waals surface area contributed by atoms with Gasteiger partial charge in [0.1, 0.15) is 0 Å². The minimum absolute atomic E-state index is 0.0123. The summed E-state index contributed by atoms with van der Waals surface area (Å²) in [5.41, 5.74) is 0. The number of hydrogen-bond acceptors (Lipinski definition) is 6. The molecule has 0 aliphatic carbocycles. The van der Waals surface area contributed by atoms with E-state index in [-0.39, 0.29) is 9.79 Å². The standard InChI is InChI=1S/C13H18N2O6S2/c16-13(17)10-14-22(18,19)11-4-6-12(7-5-11)23(20,21)15-8-2-1-3-9-15/h4-7,14H,1-3,8-10H2,(H,16,17)/p-1. The summed E-state index contributed by atoms with van der Waals surface area (Å²) in [6.07, 6.45) is 2.60. The van der Waals surface area contributed by atoms with Gasteiger partial charge in [-0.25, -0.2) is 21.6 Å². The first kappa shape index (κ1) is 17.9. The molecule has 0 amide bonds. The predicted octanol–water partition coefficient (Wildman–Crippen LogP) is -1.11. The molecule has 0 aromatic heterocycles. The highest BCUT2D eigenvalue weighted by Gasteiger charge is 2.26. The topological polar surface area (TPSA) is 124 Å². The van der Waals surface area contributed by atoms with Crippen LogP contribution in [0.15, 0.2) is 34.1 Å². The van der Waals surface area contributed by atoms with Gasteiger partial charge in [-0.15, -0.1) is 0 Å². The maximum Gasteiger partial charge on any atom is 0.243 e. The van der Waals surface area contributed by atoms with Crippen LogP contribution >= 0.6 is 0 Å². The summed E-state index contributed by atoms with van der Waals surface area (Å²) < 4.78 is 51.8. The summed E-state index contributed by atoms with van der Waals surface area (Å²) in [7, 11) is -7.66. The predicted molar refractivity (Wildman–Crippen MR) is 79.2 cm³/mol. The molecule has 8 nitrogen and oxygen atoms in total. The molecule has 0 atom stereocenters. The maximum atomic E-state index is 12.4. The molecule has 1 aromatic rings. The lowest BCUT2D eigenvalue weighted by molar-refractivity contribution is -0.303. The van der Waals surface area contributed by atoms with Gasteiger partial charge in [0.2, 0.25) is 20.0 Å². The molecule has 0 spiro atoms. The van der Waals surface area contributed by atoms with Crippen molar-refractivity contribution in [1.29, 1.82) is 0 Å². The molecule has 23 heavy (non-hydrogen) atoms. The van der Waals surface area contributed by atoms with Crippen molar-refractivity contribution in [3.8, 4) is 0 Å². The summed E-state index contributed by atoms with van der Waals surface area (Å²) >= 11 is 0. The molecule has 1 aliphatic heterocycles. The van der Waals surface area contributed by atoms with Crippen molar-refractivity contribution < 1.29 is 26.7 Å². The molecule has 10 heteroatoms. The third-order valence-electron chi connectivity index (χ3n) is 3.49. The monoisotopic (exact) mass is 361 g/mol. The highest BCUT2D eigenvalue weighted by atomic mass is 32.2. The first-order chi connectivity index (χ1) is 10.7. The molecule has 0 bridgehead atoms. The first-order valence-corrected chi connectivity index (χ1v) is 9.95. The number of nitrogens with one attached hydrogen (secondary N) is 1. The molecule has 1 heterocycles. The van der Waals surface area contributed by atoms with Gasteiger partial charge in [-0.05, 0) is 37.1 Å². The zero-order chi connectivity index (χ0) is 17.1. The number of aliphatic carboxylic acids is 1. The third kappa shape index (κ3) is 4.28. The Morgan fingerprint density at radius 1 is 1.00 bits per heavy atom. The van der Waals surface area contributed by atoms with Crippen LogP contribution in [-0.2, 0) is 24.8 Å². The van der Waals surface area contributed by atoms with Gasteiger partial charge >= 0.3 is 0 Å². The number of piperidine rings is 1. The van der Waals surface area contributed by atoms with E-state index >= 15 is 0 Å². The van der Waals surface area contributed by atoms with Crippen LogP contribution in [0.4, 0.5) is 0 Å². The van der Waals surface area contributed by atoms with Gasteiger partial charge in [-0.3, -0.25) is 0 Å². The fourth-order valence-corrected chi connectivity index (χ4v) is 4.77. The van der Waals surface area contributed by atoms with E-state index in [1.165, 1.54) is 16.4 Å². The van der Waals surface area contributed by atoms with Gasteiger partial charge in [-0.2, -0.15) is 4.31 Å². The number of carbonyl (C=O) groups excluding carboxylic acids is 1. The molecule has 0 saturated carbocycles. The lowest BCUT2D eigenvalue weighted by Crippen LogP contribution is -2.37. The molecule has 1 aliphatic rings. The summed E-state index contributed by atoms with van der Waals surface area (Å²) in [5, 5.41) is 10.3. The fraction of sp³-hybridized carbons (Fsp3) is 0.462. The highest BCUT2D eigenvalue weighted by Crippen LogP contribution is 2.21. The Labute approximate surface area is 135 Å². The van der Waals surface area contributed by atoms with Crippen molar-refractivity contribution in [2.24, 2.45) is 0 Å². The highest BCUT2D eigenvalue weighted by molar-refractivity contribution is 7.89. The third-order valence-corrected chi connectivity index (χ3v) is 6.82. The van der Waals surface area contributed by atoms with Crippen LogP contribution in [0.2, 0.25) is 0 Å². The zero-order valence-corrected chi connectivity index (χ0v) is 13.9. The van der Waals surface area contributed by atoms with Gasteiger partial charge < -0.3 is 9.90 Å². The number of carbonyl (C=O) groups is 1. The second kappa shape index (κ2) is 6.95. The van der Waals surface area contributed by atoms with E-state index in [1.54, 1.807) is 0 Å². The second-order valence-corrected chi connectivity index (χ2v) is 8.84. The molecule has 0 unspecified atom stereocenters. The Hall–Kier alpha value is -1.49. The minimum Gasteiger partial charge on any atom is -0.549 e.